The Morgan fingerprint density at radius 1 is 0.906 bits per heavy atom. The molecule has 4 heterocycles. The van der Waals surface area contributed by atoms with Gasteiger partial charge >= 0.3 is 0 Å². The molecule has 5 aromatic rings. The highest BCUT2D eigenvalue weighted by Gasteiger charge is 2.17. The van der Waals surface area contributed by atoms with Gasteiger partial charge in [-0.25, -0.2) is 10.4 Å². The minimum absolute atomic E-state index is 0.499. The molecule has 1 N–H and O–H groups in total. The lowest BCUT2D eigenvalue weighted by molar-refractivity contribution is 0.299. The molecule has 0 saturated heterocycles. The minimum Gasteiger partial charge on any atom is -0.311 e. The Balaban J connectivity index is 1.27. The zero-order valence-corrected chi connectivity index (χ0v) is 17.3. The highest BCUT2D eigenvalue weighted by Crippen LogP contribution is 2.19. The smallest absolute Gasteiger partial charge is 0.271 e. The van der Waals surface area contributed by atoms with Crippen molar-refractivity contribution < 1.29 is 0 Å². The molecule has 0 bridgehead atoms. The maximum absolute atomic E-state index is 4.80. The number of fused-ring (bicyclic) bond motifs is 2. The lowest BCUT2D eigenvalue weighted by atomic mass is 10.1. The summed E-state index contributed by atoms with van der Waals surface area (Å²) in [4.78, 5) is 8.86. The van der Waals surface area contributed by atoms with Crippen molar-refractivity contribution >= 4 is 22.3 Å². The van der Waals surface area contributed by atoms with Crippen molar-refractivity contribution in [2.24, 2.45) is 0 Å². The molecule has 156 valence electrons. The Morgan fingerprint density at radius 2 is 1.84 bits per heavy atom. The van der Waals surface area contributed by atoms with Gasteiger partial charge in [0.05, 0.1) is 18.3 Å². The number of hydrogen-bond donors (Lipinski definition) is 1. The number of nitrogens with zero attached hydrogens (tertiary/aromatic N) is 7. The molecule has 0 aliphatic carbocycles. The minimum atomic E-state index is 0.499. The summed E-state index contributed by atoms with van der Waals surface area (Å²) in [7, 11) is 0. The van der Waals surface area contributed by atoms with Crippen LogP contribution in [0.15, 0.2) is 79.3 Å². The van der Waals surface area contributed by atoms with Crippen LogP contribution < -0.4 is 5.43 Å². The molecule has 0 radical (unpaired) electrons. The molecule has 3 aromatic heterocycles. The van der Waals surface area contributed by atoms with E-state index in [0.29, 0.717) is 18.7 Å². The van der Waals surface area contributed by atoms with Gasteiger partial charge in [-0.05, 0) is 29.3 Å². The van der Waals surface area contributed by atoms with Gasteiger partial charge in [0.1, 0.15) is 5.69 Å². The topological polar surface area (TPSA) is 84.1 Å². The van der Waals surface area contributed by atoms with E-state index in [1.807, 2.05) is 18.2 Å². The number of nitrogens with one attached hydrogen (secondary N) is 1. The van der Waals surface area contributed by atoms with Crippen LogP contribution in [0.25, 0.3) is 22.3 Å². The van der Waals surface area contributed by atoms with Crippen molar-refractivity contribution in [3.8, 4) is 0 Å². The van der Waals surface area contributed by atoms with Gasteiger partial charge in [0.2, 0.25) is 0 Å². The van der Waals surface area contributed by atoms with Gasteiger partial charge in [0.15, 0.2) is 5.82 Å². The summed E-state index contributed by atoms with van der Waals surface area (Å²) in [6.45, 7) is 1.48. The summed E-state index contributed by atoms with van der Waals surface area (Å²) in [5.41, 5.74) is 8.62. The average molecular weight is 420 g/mol. The van der Waals surface area contributed by atoms with E-state index in [1.54, 1.807) is 16.9 Å². The highest BCUT2D eigenvalue weighted by atomic mass is 15.5. The molecule has 0 amide bonds. The van der Waals surface area contributed by atoms with E-state index >= 15 is 0 Å². The third-order valence-corrected chi connectivity index (χ3v) is 5.54. The molecule has 0 spiro atoms. The second-order valence-electron chi connectivity index (χ2n) is 7.78. The van der Waals surface area contributed by atoms with Crippen molar-refractivity contribution in [3.05, 3.63) is 102 Å². The average Bonchev–Trinajstić information content (AvgIpc) is 3.46. The summed E-state index contributed by atoms with van der Waals surface area (Å²) in [5.74, 6) is 1.25. The van der Waals surface area contributed by atoms with Gasteiger partial charge < -0.3 is 5.01 Å². The van der Waals surface area contributed by atoms with E-state index in [9.17, 15) is 0 Å². The molecule has 0 unspecified atom stereocenters. The third kappa shape index (κ3) is 3.57. The zero-order chi connectivity index (χ0) is 21.3. The van der Waals surface area contributed by atoms with Crippen molar-refractivity contribution in [1.82, 2.24) is 40.2 Å². The molecule has 1 aliphatic rings. The Kier molecular flexibility index (Phi) is 4.54. The Morgan fingerprint density at radius 3 is 2.78 bits per heavy atom. The van der Waals surface area contributed by atoms with Crippen molar-refractivity contribution in [2.45, 2.75) is 13.0 Å². The number of pyridine rings is 1. The monoisotopic (exact) mass is 420 g/mol. The summed E-state index contributed by atoms with van der Waals surface area (Å²) in [5, 5.41) is 16.5. The van der Waals surface area contributed by atoms with Crippen LogP contribution in [0.5, 0.6) is 0 Å². The fourth-order valence-electron chi connectivity index (χ4n) is 3.92. The van der Waals surface area contributed by atoms with E-state index in [0.717, 1.165) is 40.1 Å². The summed E-state index contributed by atoms with van der Waals surface area (Å²) in [6, 6.07) is 20.6. The molecular weight excluding hydrogens is 400 g/mol. The number of aromatic nitrogens is 6. The second kappa shape index (κ2) is 7.82. The zero-order valence-electron chi connectivity index (χ0n) is 17.3. The van der Waals surface area contributed by atoms with Gasteiger partial charge in [-0.15, -0.1) is 10.2 Å². The predicted molar refractivity (Wildman–Crippen MR) is 121 cm³/mol. The molecule has 2 aromatic carbocycles. The predicted octanol–water partition coefficient (Wildman–Crippen LogP) is 3.02. The molecule has 8 nitrogen and oxygen atoms in total. The van der Waals surface area contributed by atoms with Crippen LogP contribution in [-0.4, -0.2) is 41.3 Å². The number of hydrazine groups is 1. The Labute approximate surface area is 184 Å². The van der Waals surface area contributed by atoms with Gasteiger partial charge in [0, 0.05) is 36.3 Å². The SMILES string of the molecule is C1=C(c2cnc3nnc(Cc4ccc5ncccc5c4)n3n2)CNN1Cc1ccccc1. The van der Waals surface area contributed by atoms with Crippen LogP contribution >= 0.6 is 0 Å². The summed E-state index contributed by atoms with van der Waals surface area (Å²) in [6.07, 6.45) is 6.26. The first-order chi connectivity index (χ1) is 15.8. The van der Waals surface area contributed by atoms with Crippen LogP contribution in [0.4, 0.5) is 0 Å². The van der Waals surface area contributed by atoms with Crippen LogP contribution in [0.1, 0.15) is 22.6 Å². The maximum Gasteiger partial charge on any atom is 0.271 e. The molecule has 6 rings (SSSR count). The van der Waals surface area contributed by atoms with E-state index in [2.05, 4.69) is 79.3 Å². The summed E-state index contributed by atoms with van der Waals surface area (Å²) < 4.78 is 1.74. The maximum atomic E-state index is 4.80. The van der Waals surface area contributed by atoms with Gasteiger partial charge in [-0.1, -0.05) is 42.5 Å². The van der Waals surface area contributed by atoms with E-state index in [1.165, 1.54) is 5.56 Å². The number of hydrogen-bond acceptors (Lipinski definition) is 7. The molecule has 8 heteroatoms. The third-order valence-electron chi connectivity index (χ3n) is 5.54. The van der Waals surface area contributed by atoms with Gasteiger partial charge in [-0.3, -0.25) is 4.98 Å². The van der Waals surface area contributed by atoms with Crippen molar-refractivity contribution in [3.63, 3.8) is 0 Å². The van der Waals surface area contributed by atoms with Crippen LogP contribution in [0, 0.1) is 0 Å². The van der Waals surface area contributed by atoms with Crippen LogP contribution in [-0.2, 0) is 13.0 Å². The van der Waals surface area contributed by atoms with Gasteiger partial charge in [0.25, 0.3) is 5.78 Å². The van der Waals surface area contributed by atoms with Crippen LogP contribution in [0.2, 0.25) is 0 Å². The molecule has 32 heavy (non-hydrogen) atoms. The van der Waals surface area contributed by atoms with Crippen molar-refractivity contribution in [1.29, 1.82) is 0 Å². The molecular formula is C24H20N8. The van der Waals surface area contributed by atoms with E-state index in [4.69, 9.17) is 5.10 Å². The molecule has 0 saturated carbocycles. The molecule has 0 fully saturated rings. The normalized spacial score (nSPS) is 13.8. The number of rotatable bonds is 5. The quantitative estimate of drug-likeness (QED) is 0.468. The van der Waals surface area contributed by atoms with E-state index in [-0.39, 0.29) is 0 Å². The first-order valence-electron chi connectivity index (χ1n) is 10.5. The van der Waals surface area contributed by atoms with Gasteiger partial charge in [-0.2, -0.15) is 9.61 Å². The standard InChI is InChI=1S/C24H20N8/c1-2-5-17(6-3-1)15-31-16-20(13-27-31)22-14-26-24-29-28-23(32(24)30-22)12-18-8-9-21-19(11-18)7-4-10-25-21/h1-11,14,16,27H,12-13,15H2. The molecule has 0 atom stereocenters. The first-order valence-corrected chi connectivity index (χ1v) is 10.5. The fourth-order valence-corrected chi connectivity index (χ4v) is 3.92. The second-order valence-corrected chi connectivity index (χ2v) is 7.78. The Bertz CT molecular complexity index is 1440. The van der Waals surface area contributed by atoms with Crippen LogP contribution in [0.3, 0.4) is 0 Å². The first kappa shape index (κ1) is 18.6. The highest BCUT2D eigenvalue weighted by molar-refractivity contribution is 5.79. The van der Waals surface area contributed by atoms with E-state index < -0.39 is 0 Å². The summed E-state index contributed by atoms with van der Waals surface area (Å²) >= 11 is 0. The molecule has 1 aliphatic heterocycles. The lowest BCUT2D eigenvalue weighted by Crippen LogP contribution is -2.28. The largest absolute Gasteiger partial charge is 0.311 e. The fraction of sp³-hybridized carbons (Fsp3) is 0.125. The lowest BCUT2D eigenvalue weighted by Gasteiger charge is -2.15. The van der Waals surface area contributed by atoms with Crippen molar-refractivity contribution in [2.75, 3.05) is 6.54 Å². The Hall–Kier alpha value is -4.17. The number of benzene rings is 2.